The van der Waals surface area contributed by atoms with Crippen LogP contribution in [0.4, 0.5) is 0 Å². The van der Waals surface area contributed by atoms with Crippen LogP contribution in [0.25, 0.3) is 0 Å². The molecule has 2 aliphatic heterocycles. The van der Waals surface area contributed by atoms with Crippen molar-refractivity contribution >= 4 is 0 Å². The van der Waals surface area contributed by atoms with E-state index in [1.165, 1.54) is 20.3 Å². The maximum atomic E-state index is 10.8. The number of aliphatic hydroxyl groups is 1. The minimum Gasteiger partial charge on any atom is -0.493 e. The zero-order chi connectivity index (χ0) is 21.9. The van der Waals surface area contributed by atoms with Crippen molar-refractivity contribution in [1.29, 1.82) is 0 Å². The fourth-order valence-electron chi connectivity index (χ4n) is 3.35. The Kier molecular flexibility index (Phi) is 3.08. The van der Waals surface area contributed by atoms with Crippen molar-refractivity contribution in [2.24, 2.45) is 11.8 Å². The Bertz CT molecular complexity index is 785. The number of piperidine rings is 1. The molecule has 3 rings (SSSR count). The third-order valence-corrected chi connectivity index (χ3v) is 4.50. The summed E-state index contributed by atoms with van der Waals surface area (Å²) in [4.78, 5) is 0.994. The summed E-state index contributed by atoms with van der Waals surface area (Å²) in [5.74, 6) is -0.100. The van der Waals surface area contributed by atoms with Crippen molar-refractivity contribution in [3.05, 3.63) is 23.3 Å². The molecule has 0 radical (unpaired) electrons. The number of methoxy groups -OCH3 is 2. The SMILES string of the molecule is [2H]C1([2H])C(CC(C)C)C(O)CC2c3cc(OC)c(OC)cc3C([2H])([2H])C([2H])([2H])N21. The van der Waals surface area contributed by atoms with Crippen LogP contribution >= 0.6 is 0 Å². The average molecular weight is 325 g/mol. The van der Waals surface area contributed by atoms with Crippen molar-refractivity contribution in [2.75, 3.05) is 27.2 Å². The lowest BCUT2D eigenvalue weighted by Crippen LogP contribution is -2.48. The van der Waals surface area contributed by atoms with Gasteiger partial charge in [0.2, 0.25) is 0 Å². The molecule has 3 atom stereocenters. The second-order valence-electron chi connectivity index (χ2n) is 6.59. The molecule has 1 saturated heterocycles. The predicted molar refractivity (Wildman–Crippen MR) is 91.1 cm³/mol. The maximum absolute atomic E-state index is 10.8. The maximum Gasteiger partial charge on any atom is 0.161 e. The second-order valence-corrected chi connectivity index (χ2v) is 6.59. The zero-order valence-corrected chi connectivity index (χ0v) is 14.1. The molecule has 4 nitrogen and oxygen atoms in total. The molecule has 1 aromatic rings. The average Bonchev–Trinajstić information content (AvgIpc) is 2.61. The van der Waals surface area contributed by atoms with Crippen molar-refractivity contribution < 1.29 is 22.8 Å². The predicted octanol–water partition coefficient (Wildman–Crippen LogP) is 3.03. The first-order chi connectivity index (χ1) is 13.3. The van der Waals surface area contributed by atoms with E-state index in [-0.39, 0.29) is 23.7 Å². The Hall–Kier alpha value is -1.26. The van der Waals surface area contributed by atoms with Crippen LogP contribution < -0.4 is 9.47 Å². The zero-order valence-electron chi connectivity index (χ0n) is 20.1. The summed E-state index contributed by atoms with van der Waals surface area (Å²) in [7, 11) is 2.87. The number of nitrogens with zero attached hydrogens (tertiary/aromatic N) is 1. The fraction of sp³-hybridized carbons (Fsp3) is 0.684. The van der Waals surface area contributed by atoms with Crippen LogP contribution in [-0.4, -0.2) is 43.3 Å². The molecule has 2 heterocycles. The molecule has 23 heavy (non-hydrogen) atoms. The normalized spacial score (nSPS) is 37.9. The number of hydrogen-bond donors (Lipinski definition) is 1. The second kappa shape index (κ2) is 6.70. The molecule has 4 heteroatoms. The van der Waals surface area contributed by atoms with Gasteiger partial charge in [-0.25, -0.2) is 0 Å². The number of benzene rings is 1. The first-order valence-corrected chi connectivity index (χ1v) is 8.04. The summed E-state index contributed by atoms with van der Waals surface area (Å²) in [6.45, 7) is -1.03. The van der Waals surface area contributed by atoms with Gasteiger partial charge in [0.15, 0.2) is 11.5 Å². The summed E-state index contributed by atoms with van der Waals surface area (Å²) >= 11 is 0. The lowest BCUT2D eigenvalue weighted by atomic mass is 9.79. The third kappa shape index (κ3) is 3.20. The molecular weight excluding hydrogens is 290 g/mol. The molecule has 0 aliphatic carbocycles. The Morgan fingerprint density at radius 1 is 1.30 bits per heavy atom. The van der Waals surface area contributed by atoms with Gasteiger partial charge in [0.1, 0.15) is 0 Å². The Labute approximate surface area is 147 Å². The van der Waals surface area contributed by atoms with Gasteiger partial charge >= 0.3 is 0 Å². The molecule has 0 amide bonds. The molecule has 0 saturated carbocycles. The van der Waals surface area contributed by atoms with E-state index in [0.717, 1.165) is 4.90 Å². The van der Waals surface area contributed by atoms with E-state index in [2.05, 4.69) is 0 Å². The largest absolute Gasteiger partial charge is 0.493 e. The van der Waals surface area contributed by atoms with Crippen LogP contribution in [-0.2, 0) is 6.37 Å². The van der Waals surface area contributed by atoms with Gasteiger partial charge in [-0.1, -0.05) is 13.8 Å². The number of aliphatic hydroxyl groups excluding tert-OH is 1. The monoisotopic (exact) mass is 325 g/mol. The summed E-state index contributed by atoms with van der Waals surface area (Å²) in [6, 6.07) is 2.16. The number of rotatable bonds is 4. The number of ether oxygens (including phenoxy) is 2. The summed E-state index contributed by atoms with van der Waals surface area (Å²) in [5.41, 5.74) is 0.500. The Balaban J connectivity index is 2.24. The van der Waals surface area contributed by atoms with E-state index >= 15 is 0 Å². The van der Waals surface area contributed by atoms with Gasteiger partial charge in [-0.05, 0) is 54.3 Å². The molecule has 1 N–H and O–H groups in total. The van der Waals surface area contributed by atoms with E-state index in [4.69, 9.17) is 17.7 Å². The molecule has 0 bridgehead atoms. The van der Waals surface area contributed by atoms with Gasteiger partial charge in [-0.15, -0.1) is 0 Å². The van der Waals surface area contributed by atoms with E-state index < -0.39 is 37.4 Å². The third-order valence-electron chi connectivity index (χ3n) is 4.50. The molecule has 0 spiro atoms. The van der Waals surface area contributed by atoms with E-state index in [9.17, 15) is 5.11 Å². The molecular formula is C19H29NO3. The molecule has 2 aliphatic rings. The van der Waals surface area contributed by atoms with Gasteiger partial charge in [0.05, 0.1) is 20.3 Å². The fourth-order valence-corrected chi connectivity index (χ4v) is 3.35. The quantitative estimate of drug-likeness (QED) is 0.924. The van der Waals surface area contributed by atoms with Gasteiger partial charge in [0, 0.05) is 27.3 Å². The molecule has 1 aromatic carbocycles. The number of hydrogen-bond acceptors (Lipinski definition) is 4. The molecule has 128 valence electrons. The van der Waals surface area contributed by atoms with Crippen molar-refractivity contribution in [1.82, 2.24) is 4.90 Å². The highest BCUT2D eigenvalue weighted by molar-refractivity contribution is 5.49. The Morgan fingerprint density at radius 2 is 2.00 bits per heavy atom. The first-order valence-electron chi connectivity index (χ1n) is 11.0. The van der Waals surface area contributed by atoms with Gasteiger partial charge in [0.25, 0.3) is 0 Å². The molecule has 3 unspecified atom stereocenters. The first kappa shape index (κ1) is 10.6. The number of aryl methyl sites for hydroxylation is 1. The minimum absolute atomic E-state index is 0.0895. The van der Waals surface area contributed by atoms with Crippen LogP contribution in [0.1, 0.15) is 52.1 Å². The van der Waals surface area contributed by atoms with Crippen LogP contribution in [0.15, 0.2) is 12.1 Å². The van der Waals surface area contributed by atoms with E-state index in [1.54, 1.807) is 6.07 Å². The van der Waals surface area contributed by atoms with Gasteiger partial charge in [-0.3, -0.25) is 4.90 Å². The van der Waals surface area contributed by atoms with Gasteiger partial charge < -0.3 is 14.6 Å². The van der Waals surface area contributed by atoms with Crippen LogP contribution in [0.5, 0.6) is 11.5 Å². The lowest BCUT2D eigenvalue weighted by Gasteiger charge is -2.46. The van der Waals surface area contributed by atoms with Crippen molar-refractivity contribution in [3.8, 4) is 11.5 Å². The van der Waals surface area contributed by atoms with E-state index in [1.807, 2.05) is 13.8 Å². The topological polar surface area (TPSA) is 41.9 Å². The lowest BCUT2D eigenvalue weighted by molar-refractivity contribution is -0.0191. The Morgan fingerprint density at radius 3 is 2.65 bits per heavy atom. The smallest absolute Gasteiger partial charge is 0.161 e. The minimum atomic E-state index is -2.64. The summed E-state index contributed by atoms with van der Waals surface area (Å²) in [6.07, 6.45) is -3.00. The summed E-state index contributed by atoms with van der Waals surface area (Å²) < 4.78 is 62.6. The molecule has 0 aromatic heterocycles. The highest BCUT2D eigenvalue weighted by Crippen LogP contribution is 2.43. The summed E-state index contributed by atoms with van der Waals surface area (Å²) in [5, 5.41) is 10.8. The van der Waals surface area contributed by atoms with Crippen molar-refractivity contribution in [3.63, 3.8) is 0 Å². The van der Waals surface area contributed by atoms with E-state index in [0.29, 0.717) is 17.7 Å². The van der Waals surface area contributed by atoms with Crippen LogP contribution in [0.2, 0.25) is 0 Å². The standard InChI is InChI=1S/C19H29NO3/c1-12(2)7-14-11-20-6-5-13-8-18(22-3)19(23-4)9-15(13)16(20)10-17(14)21/h8-9,12,14,16-17,21H,5-7,10-11H2,1-4H3/i5D2,6D2,11D2. The van der Waals surface area contributed by atoms with Gasteiger partial charge in [-0.2, -0.15) is 0 Å². The highest BCUT2D eigenvalue weighted by atomic mass is 16.5. The molecule has 1 fully saturated rings. The van der Waals surface area contributed by atoms with Crippen molar-refractivity contribution in [2.45, 2.75) is 45.2 Å². The highest BCUT2D eigenvalue weighted by Gasteiger charge is 2.38. The van der Waals surface area contributed by atoms with Crippen LogP contribution in [0, 0.1) is 11.8 Å². The van der Waals surface area contributed by atoms with Crippen LogP contribution in [0.3, 0.4) is 0 Å². The number of fused-ring (bicyclic) bond motifs is 3.